The number of thiophene rings is 1. The number of hydrogen-bond acceptors (Lipinski definition) is 4. The quantitative estimate of drug-likeness (QED) is 0.560. The van der Waals surface area contributed by atoms with Crippen molar-refractivity contribution in [3.05, 3.63) is 44.0 Å². The maximum absolute atomic E-state index is 12.1. The Morgan fingerprint density at radius 1 is 1.23 bits per heavy atom. The first kappa shape index (κ1) is 20.9. The topological polar surface area (TPSA) is 64.1 Å². The van der Waals surface area contributed by atoms with Crippen molar-refractivity contribution >= 4 is 19.7 Å². The number of aryl methyl sites for hydroxylation is 2. The lowest BCUT2D eigenvalue weighted by atomic mass is 10.2. The first-order valence-electron chi connectivity index (χ1n) is 9.05. The smallest absolute Gasteiger partial charge is 0.328 e. The fourth-order valence-electron chi connectivity index (χ4n) is 2.41. The van der Waals surface area contributed by atoms with E-state index in [4.69, 9.17) is 4.43 Å². The van der Waals surface area contributed by atoms with Gasteiger partial charge in [0.15, 0.2) is 8.32 Å². The summed E-state index contributed by atoms with van der Waals surface area (Å²) in [5, 5.41) is 2.16. The molecule has 26 heavy (non-hydrogen) atoms. The van der Waals surface area contributed by atoms with Crippen LogP contribution in [0, 0.1) is 6.92 Å². The van der Waals surface area contributed by atoms with Crippen molar-refractivity contribution in [3.63, 3.8) is 0 Å². The number of rotatable bonds is 7. The second-order valence-corrected chi connectivity index (χ2v) is 14.0. The van der Waals surface area contributed by atoms with Crippen molar-refractivity contribution in [2.24, 2.45) is 0 Å². The van der Waals surface area contributed by atoms with Gasteiger partial charge in [0.2, 0.25) is 0 Å². The zero-order valence-electron chi connectivity index (χ0n) is 16.6. The molecule has 0 spiro atoms. The third kappa shape index (κ3) is 4.84. The fourth-order valence-corrected chi connectivity index (χ4v) is 4.44. The molecule has 144 valence electrons. The van der Waals surface area contributed by atoms with Crippen LogP contribution in [0.4, 0.5) is 0 Å². The Hall–Kier alpha value is -1.44. The molecule has 0 unspecified atom stereocenters. The standard InChI is InChI=1S/C19H30N2O3SSi/c1-14-9-12-25-16(14)15-13-21(18(23)20-17(15)22)10-7-8-11-24-26(5,6)19(2,3)4/h9,12-13H,7-8,10-11H2,1-6H3,(H,20,22,23). The molecule has 0 radical (unpaired) electrons. The molecule has 5 nitrogen and oxygen atoms in total. The molecule has 0 saturated carbocycles. The van der Waals surface area contributed by atoms with Crippen LogP contribution >= 0.6 is 11.3 Å². The summed E-state index contributed by atoms with van der Waals surface area (Å²) in [4.78, 5) is 27.6. The summed E-state index contributed by atoms with van der Waals surface area (Å²) in [6.07, 6.45) is 3.42. The Morgan fingerprint density at radius 3 is 2.50 bits per heavy atom. The first-order chi connectivity index (χ1) is 12.0. The Labute approximate surface area is 160 Å². The maximum atomic E-state index is 12.1. The van der Waals surface area contributed by atoms with Gasteiger partial charge in [-0.3, -0.25) is 14.3 Å². The highest BCUT2D eigenvalue weighted by atomic mass is 32.1. The van der Waals surface area contributed by atoms with Crippen LogP contribution in [0.15, 0.2) is 27.2 Å². The minimum atomic E-state index is -1.72. The highest BCUT2D eigenvalue weighted by molar-refractivity contribution is 7.13. The lowest BCUT2D eigenvalue weighted by Crippen LogP contribution is -2.41. The van der Waals surface area contributed by atoms with Crippen molar-refractivity contribution < 1.29 is 4.43 Å². The number of nitrogens with one attached hydrogen (secondary N) is 1. The van der Waals surface area contributed by atoms with Gasteiger partial charge in [-0.15, -0.1) is 11.3 Å². The van der Waals surface area contributed by atoms with E-state index in [1.54, 1.807) is 10.8 Å². The van der Waals surface area contributed by atoms with Gasteiger partial charge in [0.25, 0.3) is 5.56 Å². The van der Waals surface area contributed by atoms with E-state index >= 15 is 0 Å². The maximum Gasteiger partial charge on any atom is 0.328 e. The lowest BCUT2D eigenvalue weighted by Gasteiger charge is -2.36. The number of aromatic amines is 1. The molecule has 0 saturated heterocycles. The van der Waals surface area contributed by atoms with Crippen LogP contribution in [-0.4, -0.2) is 24.5 Å². The van der Waals surface area contributed by atoms with Crippen LogP contribution in [0.2, 0.25) is 18.1 Å². The minimum Gasteiger partial charge on any atom is -0.417 e. The first-order valence-corrected chi connectivity index (χ1v) is 12.8. The third-order valence-corrected chi connectivity index (χ3v) is 10.8. The van der Waals surface area contributed by atoms with Crippen molar-refractivity contribution in [1.82, 2.24) is 9.55 Å². The normalized spacial score (nSPS) is 12.5. The number of nitrogens with zero attached hydrogens (tertiary/aromatic N) is 1. The average Bonchev–Trinajstić information content (AvgIpc) is 2.93. The van der Waals surface area contributed by atoms with E-state index in [2.05, 4.69) is 38.8 Å². The molecule has 0 amide bonds. The molecule has 0 atom stereocenters. The van der Waals surface area contributed by atoms with E-state index in [1.807, 2.05) is 18.4 Å². The number of H-pyrrole nitrogens is 1. The van der Waals surface area contributed by atoms with Gasteiger partial charge >= 0.3 is 5.69 Å². The number of aromatic nitrogens is 2. The van der Waals surface area contributed by atoms with E-state index in [0.717, 1.165) is 23.3 Å². The SMILES string of the molecule is Cc1ccsc1-c1cn(CCCCO[Si](C)(C)C(C)(C)C)c(=O)[nH]c1=O. The summed E-state index contributed by atoms with van der Waals surface area (Å²) in [6.45, 7) is 14.4. The summed E-state index contributed by atoms with van der Waals surface area (Å²) in [7, 11) is -1.72. The minimum absolute atomic E-state index is 0.205. The second kappa shape index (κ2) is 8.06. The van der Waals surface area contributed by atoms with Gasteiger partial charge in [-0.1, -0.05) is 20.8 Å². The molecule has 0 aliphatic heterocycles. The molecule has 0 fully saturated rings. The van der Waals surface area contributed by atoms with Crippen molar-refractivity contribution in [2.75, 3.05) is 6.61 Å². The molecule has 2 aromatic rings. The van der Waals surface area contributed by atoms with E-state index in [0.29, 0.717) is 18.7 Å². The Morgan fingerprint density at radius 2 is 1.92 bits per heavy atom. The lowest BCUT2D eigenvalue weighted by molar-refractivity contribution is 0.276. The van der Waals surface area contributed by atoms with Gasteiger partial charge in [-0.05, 0) is 54.9 Å². The fraction of sp³-hybridized carbons (Fsp3) is 0.579. The van der Waals surface area contributed by atoms with Gasteiger partial charge in [0.05, 0.1) is 5.56 Å². The van der Waals surface area contributed by atoms with E-state index in [1.165, 1.54) is 11.3 Å². The molecule has 1 N–H and O–H groups in total. The summed E-state index contributed by atoms with van der Waals surface area (Å²) < 4.78 is 7.77. The van der Waals surface area contributed by atoms with Gasteiger partial charge in [0, 0.05) is 24.2 Å². The van der Waals surface area contributed by atoms with E-state index < -0.39 is 8.32 Å². The van der Waals surface area contributed by atoms with E-state index in [9.17, 15) is 9.59 Å². The van der Waals surface area contributed by atoms with Gasteiger partial charge in [-0.2, -0.15) is 0 Å². The van der Waals surface area contributed by atoms with Gasteiger partial charge in [-0.25, -0.2) is 4.79 Å². The molecule has 0 aliphatic rings. The number of unbranched alkanes of at least 4 members (excludes halogenated alkanes) is 1. The summed E-state index contributed by atoms with van der Waals surface area (Å²) in [5.74, 6) is 0. The highest BCUT2D eigenvalue weighted by Crippen LogP contribution is 2.36. The van der Waals surface area contributed by atoms with Crippen LogP contribution in [0.1, 0.15) is 39.2 Å². The van der Waals surface area contributed by atoms with Gasteiger partial charge < -0.3 is 4.43 Å². The zero-order valence-corrected chi connectivity index (χ0v) is 18.5. The third-order valence-electron chi connectivity index (χ3n) is 5.18. The van der Waals surface area contributed by atoms with Gasteiger partial charge in [0.1, 0.15) is 0 Å². The molecule has 2 rings (SSSR count). The molecule has 2 aromatic heterocycles. The molecular weight excluding hydrogens is 364 g/mol. The van der Waals surface area contributed by atoms with E-state index in [-0.39, 0.29) is 16.3 Å². The summed E-state index contributed by atoms with van der Waals surface area (Å²) in [5.41, 5.74) is 0.944. The number of hydrogen-bond donors (Lipinski definition) is 1. The Balaban J connectivity index is 2.00. The van der Waals surface area contributed by atoms with Crippen LogP contribution in [0.3, 0.4) is 0 Å². The van der Waals surface area contributed by atoms with Crippen LogP contribution in [-0.2, 0) is 11.0 Å². The Bertz CT molecular complexity index is 859. The molecule has 2 heterocycles. The van der Waals surface area contributed by atoms with Crippen LogP contribution < -0.4 is 11.2 Å². The second-order valence-electron chi connectivity index (χ2n) is 8.24. The summed E-state index contributed by atoms with van der Waals surface area (Å²) in [6, 6.07) is 1.98. The summed E-state index contributed by atoms with van der Waals surface area (Å²) >= 11 is 1.52. The van der Waals surface area contributed by atoms with Crippen molar-refractivity contribution in [3.8, 4) is 10.4 Å². The van der Waals surface area contributed by atoms with Crippen LogP contribution in [0.5, 0.6) is 0 Å². The predicted octanol–water partition coefficient (Wildman–Crippen LogP) is 4.38. The largest absolute Gasteiger partial charge is 0.417 e. The Kier molecular flexibility index (Phi) is 6.47. The van der Waals surface area contributed by atoms with Crippen molar-refractivity contribution in [1.29, 1.82) is 0 Å². The predicted molar refractivity (Wildman–Crippen MR) is 112 cm³/mol. The van der Waals surface area contributed by atoms with Crippen LogP contribution in [0.25, 0.3) is 10.4 Å². The van der Waals surface area contributed by atoms with Crippen molar-refractivity contribution in [2.45, 2.75) is 65.2 Å². The molecule has 0 aromatic carbocycles. The molecular formula is C19H30N2O3SSi. The molecule has 0 bridgehead atoms. The molecule has 7 heteroatoms. The zero-order chi connectivity index (χ0) is 19.5. The monoisotopic (exact) mass is 394 g/mol. The average molecular weight is 395 g/mol. The molecule has 0 aliphatic carbocycles. The highest BCUT2D eigenvalue weighted by Gasteiger charge is 2.36.